The first-order valence-electron chi connectivity index (χ1n) is 13.3. The number of nitrogens with one attached hydrogen (secondary N) is 4. The Hall–Kier alpha value is -4.67. The van der Waals surface area contributed by atoms with Crippen LogP contribution in [0.2, 0.25) is 0 Å². The van der Waals surface area contributed by atoms with Gasteiger partial charge < -0.3 is 41.3 Å². The number of carboxylic acids is 3. The summed E-state index contributed by atoms with van der Waals surface area (Å²) in [6, 6.07) is 2.31. The van der Waals surface area contributed by atoms with Crippen molar-refractivity contribution >= 4 is 60.1 Å². The Labute approximate surface area is 257 Å². The molecule has 242 valence electrons. The first-order chi connectivity index (χ1) is 20.6. The van der Waals surface area contributed by atoms with Gasteiger partial charge in [-0.25, -0.2) is 4.79 Å². The van der Waals surface area contributed by atoms with Crippen LogP contribution in [0.4, 0.5) is 4.79 Å². The fraction of sp³-hybridized carbons (Fsp3) is 0.481. The Morgan fingerprint density at radius 1 is 0.727 bits per heavy atom. The highest BCUT2D eigenvalue weighted by molar-refractivity contribution is 7.81. The van der Waals surface area contributed by atoms with Gasteiger partial charge in [0.25, 0.3) is 0 Å². The highest BCUT2D eigenvalue weighted by Crippen LogP contribution is 2.08. The number of thiol groups is 1. The van der Waals surface area contributed by atoms with E-state index in [1.165, 1.54) is 13.8 Å². The summed E-state index contributed by atoms with van der Waals surface area (Å²) in [5.74, 6) is -9.00. The summed E-state index contributed by atoms with van der Waals surface area (Å²) in [6.45, 7) is 2.86. The minimum Gasteiger partial charge on any atom is -0.481 e. The van der Waals surface area contributed by atoms with Crippen molar-refractivity contribution in [2.45, 2.75) is 70.3 Å². The Morgan fingerprint density at radius 2 is 1.27 bits per heavy atom. The van der Waals surface area contributed by atoms with E-state index in [0.29, 0.717) is 5.56 Å². The third kappa shape index (κ3) is 14.0. The van der Waals surface area contributed by atoms with E-state index in [0.717, 1.165) is 0 Å². The van der Waals surface area contributed by atoms with Crippen LogP contribution in [0.25, 0.3) is 0 Å². The number of alkyl carbamates (subject to hydrolysis) is 1. The van der Waals surface area contributed by atoms with Crippen LogP contribution in [0.15, 0.2) is 30.3 Å². The minimum absolute atomic E-state index is 0.191. The quantitative estimate of drug-likeness (QED) is 0.0908. The lowest BCUT2D eigenvalue weighted by Gasteiger charge is -2.27. The van der Waals surface area contributed by atoms with Crippen molar-refractivity contribution in [1.82, 2.24) is 21.3 Å². The Morgan fingerprint density at radius 3 is 1.80 bits per heavy atom. The van der Waals surface area contributed by atoms with Crippen LogP contribution in [-0.4, -0.2) is 92.7 Å². The van der Waals surface area contributed by atoms with E-state index in [1.807, 2.05) is 0 Å². The summed E-state index contributed by atoms with van der Waals surface area (Å²) in [5, 5.41) is 36.4. The number of carbonyl (C=O) groups is 8. The maximum atomic E-state index is 13.2. The van der Waals surface area contributed by atoms with Gasteiger partial charge in [0.05, 0.1) is 24.6 Å². The van der Waals surface area contributed by atoms with Crippen molar-refractivity contribution in [2.24, 2.45) is 5.92 Å². The number of carboxylic acid groups (broad SMARTS) is 3. The molecule has 0 aliphatic rings. The lowest BCUT2D eigenvalue weighted by Crippen LogP contribution is -2.59. The SMILES string of the molecule is CC(C)[C@H](NC(=O)[C@H](CCC(=O)O)NC(=O)[C@H](CC(=O)O)NC(=O)OCc1ccccc1)C(=O)N[C@@H](CC(=O)O)C(=O)CS. The second-order valence-corrected chi connectivity index (χ2v) is 10.2. The van der Waals surface area contributed by atoms with Gasteiger partial charge >= 0.3 is 24.0 Å². The van der Waals surface area contributed by atoms with Gasteiger partial charge in [-0.3, -0.25) is 33.6 Å². The van der Waals surface area contributed by atoms with Crippen LogP contribution in [0.1, 0.15) is 45.1 Å². The molecule has 0 saturated heterocycles. The topological polar surface area (TPSA) is 255 Å². The van der Waals surface area contributed by atoms with Gasteiger partial charge in [-0.15, -0.1) is 0 Å². The number of hydrogen-bond donors (Lipinski definition) is 8. The molecular weight excluding hydrogens is 604 g/mol. The number of benzene rings is 1. The van der Waals surface area contributed by atoms with E-state index in [9.17, 15) is 43.5 Å². The molecule has 0 aliphatic heterocycles. The monoisotopic (exact) mass is 640 g/mol. The first-order valence-corrected chi connectivity index (χ1v) is 13.9. The largest absolute Gasteiger partial charge is 0.481 e. The normalized spacial score (nSPS) is 13.4. The van der Waals surface area contributed by atoms with Gasteiger partial charge in [-0.1, -0.05) is 44.2 Å². The van der Waals surface area contributed by atoms with E-state index in [2.05, 4.69) is 33.9 Å². The van der Waals surface area contributed by atoms with Crippen LogP contribution in [-0.2, 0) is 44.9 Å². The van der Waals surface area contributed by atoms with Gasteiger partial charge in [0.1, 0.15) is 24.7 Å². The van der Waals surface area contributed by atoms with Crippen LogP contribution in [0.3, 0.4) is 0 Å². The highest BCUT2D eigenvalue weighted by atomic mass is 32.1. The number of amides is 4. The fourth-order valence-corrected chi connectivity index (χ4v) is 3.90. The predicted molar refractivity (Wildman–Crippen MR) is 154 cm³/mol. The number of carbonyl (C=O) groups excluding carboxylic acids is 5. The van der Waals surface area contributed by atoms with Gasteiger partial charge in [0, 0.05) is 6.42 Å². The van der Waals surface area contributed by atoms with E-state index in [1.54, 1.807) is 30.3 Å². The molecule has 17 heteroatoms. The van der Waals surface area contributed by atoms with Gasteiger partial charge in [-0.2, -0.15) is 12.6 Å². The summed E-state index contributed by atoms with van der Waals surface area (Å²) in [6.07, 6.45) is -3.90. The number of ketones is 1. The zero-order chi connectivity index (χ0) is 33.4. The summed E-state index contributed by atoms with van der Waals surface area (Å²) in [4.78, 5) is 97.3. The maximum Gasteiger partial charge on any atom is 0.408 e. The fourth-order valence-electron chi connectivity index (χ4n) is 3.68. The first kappa shape index (κ1) is 37.4. The number of aliphatic carboxylic acids is 3. The Balaban J connectivity index is 3.08. The summed E-state index contributed by atoms with van der Waals surface area (Å²) in [7, 11) is 0. The van der Waals surface area contributed by atoms with Crippen molar-refractivity contribution in [3.63, 3.8) is 0 Å². The third-order valence-corrected chi connectivity index (χ3v) is 6.28. The van der Waals surface area contributed by atoms with Crippen molar-refractivity contribution in [3.8, 4) is 0 Å². The second kappa shape index (κ2) is 18.8. The highest BCUT2D eigenvalue weighted by Gasteiger charge is 2.33. The third-order valence-electron chi connectivity index (χ3n) is 5.97. The molecule has 0 spiro atoms. The molecular formula is C27H36N4O12S. The van der Waals surface area contributed by atoms with Gasteiger partial charge in [-0.05, 0) is 17.9 Å². The van der Waals surface area contributed by atoms with Crippen LogP contribution in [0.5, 0.6) is 0 Å². The van der Waals surface area contributed by atoms with Crippen molar-refractivity contribution in [2.75, 3.05) is 5.75 Å². The average molecular weight is 641 g/mol. The molecule has 0 bridgehead atoms. The number of ether oxygens (including phenoxy) is 1. The molecule has 7 N–H and O–H groups in total. The molecule has 0 saturated carbocycles. The zero-order valence-corrected chi connectivity index (χ0v) is 24.9. The molecule has 1 aromatic carbocycles. The molecule has 4 amide bonds. The predicted octanol–water partition coefficient (Wildman–Crippen LogP) is -0.295. The smallest absolute Gasteiger partial charge is 0.408 e. The lowest BCUT2D eigenvalue weighted by molar-refractivity contribution is -0.141. The van der Waals surface area contributed by atoms with Gasteiger partial charge in [0.2, 0.25) is 17.7 Å². The summed E-state index contributed by atoms with van der Waals surface area (Å²) in [5.41, 5.74) is 0.611. The van der Waals surface area contributed by atoms with Crippen molar-refractivity contribution in [1.29, 1.82) is 0 Å². The Bertz CT molecular complexity index is 1210. The standard InChI is InChI=1S/C27H36N4O12S/c1-14(2)23(26(41)29-17(10-21(35)36)19(32)13-44)31-24(39)16(8-9-20(33)34)28-25(40)18(11-22(37)38)30-27(42)43-12-15-6-4-3-5-7-15/h3-7,14,16-18,23,44H,8-13H2,1-2H3,(H,28,40)(H,29,41)(H,30,42)(H,31,39)(H,33,34)(H,35,36)(H,37,38)/t16-,17-,18-,23-/m0/s1. The molecule has 0 heterocycles. The van der Waals surface area contributed by atoms with Crippen molar-refractivity contribution < 1.29 is 58.4 Å². The molecule has 44 heavy (non-hydrogen) atoms. The lowest BCUT2D eigenvalue weighted by atomic mass is 10.0. The van der Waals surface area contributed by atoms with Crippen LogP contribution in [0, 0.1) is 5.92 Å². The minimum atomic E-state index is -1.73. The molecule has 16 nitrogen and oxygen atoms in total. The maximum absolute atomic E-state index is 13.2. The van der Waals surface area contributed by atoms with Crippen LogP contribution < -0.4 is 21.3 Å². The number of rotatable bonds is 19. The van der Waals surface area contributed by atoms with Gasteiger partial charge in [0.15, 0.2) is 5.78 Å². The second-order valence-electron chi connectivity index (χ2n) is 9.86. The van der Waals surface area contributed by atoms with E-state index in [4.69, 9.17) is 14.9 Å². The molecule has 0 radical (unpaired) electrons. The molecule has 0 unspecified atom stereocenters. The number of Topliss-reactive ketones (excluding diaryl/α,β-unsaturated/α-hetero) is 1. The number of hydrogen-bond acceptors (Lipinski definition) is 10. The molecule has 0 aliphatic carbocycles. The molecule has 0 aromatic heterocycles. The zero-order valence-electron chi connectivity index (χ0n) is 24.0. The average Bonchev–Trinajstić information content (AvgIpc) is 2.95. The van der Waals surface area contributed by atoms with Crippen LogP contribution >= 0.6 is 12.6 Å². The van der Waals surface area contributed by atoms with E-state index < -0.39 is 103 Å². The summed E-state index contributed by atoms with van der Waals surface area (Å²) < 4.78 is 5.02. The van der Waals surface area contributed by atoms with Crippen molar-refractivity contribution in [3.05, 3.63) is 35.9 Å². The molecule has 0 fully saturated rings. The molecule has 1 aromatic rings. The van der Waals surface area contributed by atoms with E-state index in [-0.39, 0.29) is 12.4 Å². The molecule has 1 rings (SSSR count). The van der Waals surface area contributed by atoms with E-state index >= 15 is 0 Å². The summed E-state index contributed by atoms with van der Waals surface area (Å²) >= 11 is 3.81. The Kier molecular flexibility index (Phi) is 15.9. The molecule has 4 atom stereocenters.